The number of carbonyl (C=O) groups is 4. The zero-order chi connectivity index (χ0) is 24.1. The summed E-state index contributed by atoms with van der Waals surface area (Å²) >= 11 is 0. The minimum Gasteiger partial charge on any atom is -0.494 e. The van der Waals surface area contributed by atoms with Gasteiger partial charge in [-0.25, -0.2) is 14.5 Å². The molecule has 0 N–H and O–H groups in total. The summed E-state index contributed by atoms with van der Waals surface area (Å²) in [6, 6.07) is 19.2. The first-order valence-corrected chi connectivity index (χ1v) is 10.6. The fraction of sp³-hybridized carbons (Fsp3) is 0.154. The largest absolute Gasteiger partial charge is 0.494 e. The van der Waals surface area contributed by atoms with E-state index in [2.05, 4.69) is 0 Å². The quantitative estimate of drug-likeness (QED) is 0.286. The third-order valence-corrected chi connectivity index (χ3v) is 5.09. The highest BCUT2D eigenvalue weighted by molar-refractivity contribution is 6.34. The smallest absolute Gasteiger partial charge is 0.338 e. The Morgan fingerprint density at radius 2 is 1.35 bits per heavy atom. The molecule has 172 valence electrons. The van der Waals surface area contributed by atoms with E-state index in [4.69, 9.17) is 14.2 Å². The summed E-state index contributed by atoms with van der Waals surface area (Å²) in [5, 5.41) is 0. The van der Waals surface area contributed by atoms with Crippen LogP contribution in [0.5, 0.6) is 5.75 Å². The molecule has 1 heterocycles. The van der Waals surface area contributed by atoms with Crippen LogP contribution in [0, 0.1) is 0 Å². The number of imide groups is 1. The van der Waals surface area contributed by atoms with Gasteiger partial charge in [0.2, 0.25) is 0 Å². The Kier molecular flexibility index (Phi) is 6.68. The zero-order valence-electron chi connectivity index (χ0n) is 18.4. The van der Waals surface area contributed by atoms with E-state index in [-0.39, 0.29) is 29.9 Å². The molecule has 0 unspecified atom stereocenters. The van der Waals surface area contributed by atoms with Gasteiger partial charge in [-0.2, -0.15) is 0 Å². The van der Waals surface area contributed by atoms with Gasteiger partial charge in [-0.15, -0.1) is 0 Å². The summed E-state index contributed by atoms with van der Waals surface area (Å²) in [5.74, 6) is -1.60. The van der Waals surface area contributed by atoms with Crippen LogP contribution in [0.1, 0.15) is 48.4 Å². The zero-order valence-corrected chi connectivity index (χ0v) is 18.4. The molecule has 1 aliphatic rings. The van der Waals surface area contributed by atoms with E-state index in [0.29, 0.717) is 23.6 Å². The average molecular weight is 459 g/mol. The van der Waals surface area contributed by atoms with Crippen molar-refractivity contribution in [3.05, 3.63) is 95.1 Å². The second-order valence-corrected chi connectivity index (χ2v) is 7.27. The number of esters is 2. The number of amides is 2. The highest BCUT2D eigenvalue weighted by Crippen LogP contribution is 2.30. The molecule has 34 heavy (non-hydrogen) atoms. The maximum absolute atomic E-state index is 12.9. The standard InChI is InChI=1S/C26H21NO7/c1-2-32-20-11-9-19(10-12-20)27-23(28)21-13-8-18(16-22(21)24(27)29)26(31)34-15-14-33-25(30)17-6-4-3-5-7-17/h3-13,16H,2,14-15H2,1H3. The molecule has 0 atom stereocenters. The number of rotatable bonds is 8. The summed E-state index contributed by atoms with van der Waals surface area (Å²) < 4.78 is 15.6. The van der Waals surface area contributed by atoms with E-state index in [9.17, 15) is 19.2 Å². The molecule has 0 saturated heterocycles. The number of fused-ring (bicyclic) bond motifs is 1. The first kappa shape index (κ1) is 22.7. The Morgan fingerprint density at radius 1 is 0.735 bits per heavy atom. The van der Waals surface area contributed by atoms with Crippen LogP contribution in [-0.4, -0.2) is 43.6 Å². The molecule has 0 fully saturated rings. The van der Waals surface area contributed by atoms with Crippen LogP contribution in [0.3, 0.4) is 0 Å². The van der Waals surface area contributed by atoms with Crippen molar-refractivity contribution in [2.75, 3.05) is 24.7 Å². The molecule has 3 aromatic carbocycles. The normalized spacial score (nSPS) is 12.3. The molecule has 0 bridgehead atoms. The van der Waals surface area contributed by atoms with Gasteiger partial charge < -0.3 is 14.2 Å². The number of ether oxygens (including phenoxy) is 3. The van der Waals surface area contributed by atoms with E-state index in [0.717, 1.165) is 4.90 Å². The Morgan fingerprint density at radius 3 is 2.00 bits per heavy atom. The third kappa shape index (κ3) is 4.66. The lowest BCUT2D eigenvalue weighted by molar-refractivity contribution is 0.0265. The SMILES string of the molecule is CCOc1ccc(N2C(=O)c3ccc(C(=O)OCCOC(=O)c4ccccc4)cc3C2=O)cc1. The molecular formula is C26H21NO7. The van der Waals surface area contributed by atoms with Crippen molar-refractivity contribution >= 4 is 29.4 Å². The van der Waals surface area contributed by atoms with Crippen molar-refractivity contribution in [1.82, 2.24) is 0 Å². The molecule has 2 amide bonds. The molecule has 0 saturated carbocycles. The van der Waals surface area contributed by atoms with E-state index >= 15 is 0 Å². The average Bonchev–Trinajstić information content (AvgIpc) is 3.12. The number of benzene rings is 3. The number of hydrogen-bond donors (Lipinski definition) is 0. The summed E-state index contributed by atoms with van der Waals surface area (Å²) in [5.41, 5.74) is 1.23. The Balaban J connectivity index is 1.38. The minimum atomic E-state index is -0.696. The predicted molar refractivity (Wildman–Crippen MR) is 122 cm³/mol. The number of carbonyl (C=O) groups excluding carboxylic acids is 4. The lowest BCUT2D eigenvalue weighted by Crippen LogP contribution is -2.29. The van der Waals surface area contributed by atoms with Gasteiger partial charge in [0.15, 0.2) is 0 Å². The molecule has 4 rings (SSSR count). The van der Waals surface area contributed by atoms with Gasteiger partial charge in [0.1, 0.15) is 19.0 Å². The van der Waals surface area contributed by atoms with Crippen LogP contribution in [0.25, 0.3) is 0 Å². The Hall–Kier alpha value is -4.46. The molecular weight excluding hydrogens is 438 g/mol. The lowest BCUT2D eigenvalue weighted by Gasteiger charge is -2.14. The Labute approximate surface area is 195 Å². The van der Waals surface area contributed by atoms with E-state index in [1.807, 2.05) is 6.92 Å². The van der Waals surface area contributed by atoms with Crippen LogP contribution < -0.4 is 9.64 Å². The molecule has 0 aliphatic carbocycles. The monoisotopic (exact) mass is 459 g/mol. The number of anilines is 1. The van der Waals surface area contributed by atoms with Gasteiger partial charge in [0.25, 0.3) is 11.8 Å². The van der Waals surface area contributed by atoms with Gasteiger partial charge in [0.05, 0.1) is 34.5 Å². The second kappa shape index (κ2) is 9.99. The summed E-state index contributed by atoms with van der Waals surface area (Å²) in [4.78, 5) is 51.1. The molecule has 8 nitrogen and oxygen atoms in total. The topological polar surface area (TPSA) is 99.2 Å². The van der Waals surface area contributed by atoms with Crippen molar-refractivity contribution in [2.24, 2.45) is 0 Å². The molecule has 1 aliphatic heterocycles. The summed E-state index contributed by atoms with van der Waals surface area (Å²) in [7, 11) is 0. The highest BCUT2D eigenvalue weighted by atomic mass is 16.6. The number of nitrogens with zero attached hydrogens (tertiary/aromatic N) is 1. The highest BCUT2D eigenvalue weighted by Gasteiger charge is 2.37. The number of hydrogen-bond acceptors (Lipinski definition) is 7. The van der Waals surface area contributed by atoms with Crippen molar-refractivity contribution in [3.63, 3.8) is 0 Å². The fourth-order valence-corrected chi connectivity index (χ4v) is 3.47. The summed E-state index contributed by atoms with van der Waals surface area (Å²) in [6.07, 6.45) is 0. The third-order valence-electron chi connectivity index (χ3n) is 5.09. The first-order chi connectivity index (χ1) is 16.5. The van der Waals surface area contributed by atoms with E-state index < -0.39 is 23.8 Å². The second-order valence-electron chi connectivity index (χ2n) is 7.27. The van der Waals surface area contributed by atoms with Crippen molar-refractivity contribution in [2.45, 2.75) is 6.92 Å². The molecule has 0 spiro atoms. The van der Waals surface area contributed by atoms with E-state index in [1.54, 1.807) is 54.6 Å². The molecule has 0 radical (unpaired) electrons. The van der Waals surface area contributed by atoms with Crippen molar-refractivity contribution in [3.8, 4) is 5.75 Å². The predicted octanol–water partition coefficient (Wildman–Crippen LogP) is 3.90. The summed E-state index contributed by atoms with van der Waals surface area (Å²) in [6.45, 7) is 2.09. The van der Waals surface area contributed by atoms with Gasteiger partial charge >= 0.3 is 11.9 Å². The maximum Gasteiger partial charge on any atom is 0.338 e. The minimum absolute atomic E-state index is 0.114. The van der Waals surface area contributed by atoms with Crippen LogP contribution in [-0.2, 0) is 9.47 Å². The van der Waals surface area contributed by atoms with Gasteiger partial charge in [-0.3, -0.25) is 9.59 Å². The molecule has 3 aromatic rings. The first-order valence-electron chi connectivity index (χ1n) is 10.6. The maximum atomic E-state index is 12.9. The van der Waals surface area contributed by atoms with Gasteiger partial charge in [-0.05, 0) is 61.5 Å². The Bertz CT molecular complexity index is 1240. The fourth-order valence-electron chi connectivity index (χ4n) is 3.47. The molecule has 8 heteroatoms. The van der Waals surface area contributed by atoms with Crippen LogP contribution in [0.4, 0.5) is 5.69 Å². The van der Waals surface area contributed by atoms with Crippen molar-refractivity contribution < 1.29 is 33.4 Å². The van der Waals surface area contributed by atoms with Crippen LogP contribution >= 0.6 is 0 Å². The molecule has 0 aromatic heterocycles. The van der Waals surface area contributed by atoms with Gasteiger partial charge in [0, 0.05) is 0 Å². The van der Waals surface area contributed by atoms with Crippen LogP contribution in [0.2, 0.25) is 0 Å². The van der Waals surface area contributed by atoms with E-state index in [1.165, 1.54) is 18.2 Å². The lowest BCUT2D eigenvalue weighted by atomic mass is 10.1. The van der Waals surface area contributed by atoms with Gasteiger partial charge in [-0.1, -0.05) is 18.2 Å². The van der Waals surface area contributed by atoms with Crippen LogP contribution in [0.15, 0.2) is 72.8 Å². The van der Waals surface area contributed by atoms with Crippen molar-refractivity contribution in [1.29, 1.82) is 0 Å².